The molecule has 1 saturated carbocycles. The highest BCUT2D eigenvalue weighted by Gasteiger charge is 2.14. The van der Waals surface area contributed by atoms with Crippen molar-refractivity contribution in [3.8, 4) is 10.4 Å². The molecular weight excluding hydrogens is 320 g/mol. The first-order chi connectivity index (χ1) is 9.31. The highest BCUT2D eigenvalue weighted by atomic mass is 79.9. The molecule has 0 radical (unpaired) electrons. The average Bonchev–Trinajstić information content (AvgIpc) is 3.08. The largest absolute Gasteiger partial charge is 0.308 e. The first-order valence-corrected chi connectivity index (χ1v) is 8.36. The van der Waals surface area contributed by atoms with E-state index >= 15 is 0 Å². The second-order valence-corrected chi connectivity index (χ2v) is 7.02. The number of nitrogens with zero attached hydrogens (tertiary/aromatic N) is 1. The molecule has 2 nitrogen and oxygen atoms in total. The minimum absolute atomic E-state index is 0.707. The number of hydrogen-bond acceptors (Lipinski definition) is 3. The lowest BCUT2D eigenvalue weighted by molar-refractivity contribution is 0.523. The van der Waals surface area contributed by atoms with Gasteiger partial charge in [-0.25, -0.2) is 4.98 Å². The van der Waals surface area contributed by atoms with E-state index in [1.807, 2.05) is 12.3 Å². The maximum atomic E-state index is 4.52. The Morgan fingerprint density at radius 2 is 2.16 bits per heavy atom. The molecule has 1 heterocycles. The molecule has 1 aromatic carbocycles. The molecule has 0 amide bonds. The smallest absolute Gasteiger partial charge is 0.107 e. The maximum Gasteiger partial charge on any atom is 0.107 e. The van der Waals surface area contributed by atoms with Crippen molar-refractivity contribution in [3.05, 3.63) is 39.9 Å². The summed E-state index contributed by atoms with van der Waals surface area (Å²) >= 11 is 5.30. The van der Waals surface area contributed by atoms with E-state index in [1.54, 1.807) is 11.3 Å². The van der Waals surface area contributed by atoms with Crippen LogP contribution in [0.1, 0.15) is 30.7 Å². The Morgan fingerprint density at radius 1 is 1.32 bits per heavy atom. The third kappa shape index (κ3) is 3.44. The molecule has 1 aromatic heterocycles. The van der Waals surface area contributed by atoms with Crippen LogP contribution in [0.2, 0.25) is 0 Å². The molecule has 100 valence electrons. The van der Waals surface area contributed by atoms with Crippen LogP contribution in [-0.4, -0.2) is 11.0 Å². The lowest BCUT2D eigenvalue weighted by atomic mass is 10.2. The number of rotatable bonds is 4. The van der Waals surface area contributed by atoms with Gasteiger partial charge in [0.2, 0.25) is 0 Å². The summed E-state index contributed by atoms with van der Waals surface area (Å²) in [5.41, 5.74) is 1.24. The molecule has 0 saturated heterocycles. The maximum absolute atomic E-state index is 4.52. The van der Waals surface area contributed by atoms with Crippen LogP contribution < -0.4 is 5.32 Å². The number of halogens is 1. The van der Waals surface area contributed by atoms with E-state index in [0.717, 1.165) is 11.0 Å². The number of hydrogen-bond donors (Lipinski definition) is 1. The van der Waals surface area contributed by atoms with Gasteiger partial charge in [0.1, 0.15) is 5.01 Å². The first kappa shape index (κ1) is 13.3. The Balaban J connectivity index is 1.65. The number of benzene rings is 1. The van der Waals surface area contributed by atoms with Crippen LogP contribution in [0.25, 0.3) is 10.4 Å². The summed E-state index contributed by atoms with van der Waals surface area (Å²) in [5.74, 6) is 0. The summed E-state index contributed by atoms with van der Waals surface area (Å²) < 4.78 is 1.11. The van der Waals surface area contributed by atoms with Crippen LogP contribution in [-0.2, 0) is 6.54 Å². The zero-order chi connectivity index (χ0) is 13.1. The van der Waals surface area contributed by atoms with Gasteiger partial charge >= 0.3 is 0 Å². The Hall–Kier alpha value is -0.710. The first-order valence-electron chi connectivity index (χ1n) is 6.75. The summed E-state index contributed by atoms with van der Waals surface area (Å²) in [4.78, 5) is 5.76. The van der Waals surface area contributed by atoms with Crippen molar-refractivity contribution < 1.29 is 0 Å². The second-order valence-electron chi connectivity index (χ2n) is 4.99. The predicted molar refractivity (Wildman–Crippen MR) is 84.3 cm³/mol. The normalized spacial score (nSPS) is 16.1. The zero-order valence-corrected chi connectivity index (χ0v) is 13.1. The van der Waals surface area contributed by atoms with Crippen LogP contribution in [0, 0.1) is 0 Å². The number of aromatic nitrogens is 1. The number of thiazole rings is 1. The fraction of sp³-hybridized carbons (Fsp3) is 0.400. The van der Waals surface area contributed by atoms with Crippen molar-refractivity contribution in [2.75, 3.05) is 0 Å². The van der Waals surface area contributed by atoms with Gasteiger partial charge in [0.05, 0.1) is 4.88 Å². The van der Waals surface area contributed by atoms with Crippen LogP contribution >= 0.6 is 27.3 Å². The Bertz CT molecular complexity index is 547. The molecule has 1 fully saturated rings. The Morgan fingerprint density at radius 3 is 2.95 bits per heavy atom. The van der Waals surface area contributed by atoms with Gasteiger partial charge in [-0.2, -0.15) is 0 Å². The van der Waals surface area contributed by atoms with E-state index in [0.29, 0.717) is 6.04 Å². The molecule has 0 atom stereocenters. The molecule has 19 heavy (non-hydrogen) atoms. The van der Waals surface area contributed by atoms with E-state index in [-0.39, 0.29) is 0 Å². The van der Waals surface area contributed by atoms with Gasteiger partial charge in [-0.3, -0.25) is 0 Å². The van der Waals surface area contributed by atoms with Crippen molar-refractivity contribution in [2.45, 2.75) is 38.3 Å². The Labute approximate surface area is 126 Å². The van der Waals surface area contributed by atoms with Gasteiger partial charge < -0.3 is 5.32 Å². The van der Waals surface area contributed by atoms with Gasteiger partial charge in [-0.05, 0) is 30.5 Å². The summed E-state index contributed by atoms with van der Waals surface area (Å²) in [5, 5.41) is 4.79. The fourth-order valence-corrected chi connectivity index (χ4v) is 3.79. The zero-order valence-electron chi connectivity index (χ0n) is 10.7. The van der Waals surface area contributed by atoms with E-state index < -0.39 is 0 Å². The van der Waals surface area contributed by atoms with Crippen molar-refractivity contribution in [1.82, 2.24) is 10.3 Å². The Kier molecular flexibility index (Phi) is 4.31. The lowest BCUT2D eigenvalue weighted by Gasteiger charge is -2.09. The van der Waals surface area contributed by atoms with Crippen LogP contribution in [0.15, 0.2) is 34.9 Å². The van der Waals surface area contributed by atoms with Gasteiger partial charge in [-0.15, -0.1) is 11.3 Å². The van der Waals surface area contributed by atoms with E-state index in [4.69, 9.17) is 0 Å². The van der Waals surface area contributed by atoms with E-state index in [1.165, 1.54) is 41.1 Å². The molecule has 0 bridgehead atoms. The van der Waals surface area contributed by atoms with Crippen molar-refractivity contribution in [2.24, 2.45) is 0 Å². The van der Waals surface area contributed by atoms with E-state index in [9.17, 15) is 0 Å². The highest BCUT2D eigenvalue weighted by molar-refractivity contribution is 9.10. The van der Waals surface area contributed by atoms with Crippen LogP contribution in [0.4, 0.5) is 0 Å². The summed E-state index contributed by atoms with van der Waals surface area (Å²) in [6, 6.07) is 9.09. The van der Waals surface area contributed by atoms with E-state index in [2.05, 4.69) is 44.4 Å². The lowest BCUT2D eigenvalue weighted by Crippen LogP contribution is -2.25. The van der Waals surface area contributed by atoms with Crippen LogP contribution in [0.5, 0.6) is 0 Å². The average molecular weight is 337 g/mol. The molecule has 3 rings (SSSR count). The third-order valence-electron chi connectivity index (χ3n) is 3.56. The topological polar surface area (TPSA) is 24.9 Å². The summed E-state index contributed by atoms with van der Waals surface area (Å²) in [6.45, 7) is 0.906. The fourth-order valence-electron chi connectivity index (χ4n) is 2.53. The molecule has 2 aromatic rings. The summed E-state index contributed by atoms with van der Waals surface area (Å²) in [6.07, 6.45) is 7.38. The second kappa shape index (κ2) is 6.16. The molecule has 4 heteroatoms. The minimum atomic E-state index is 0.707. The summed E-state index contributed by atoms with van der Waals surface area (Å²) in [7, 11) is 0. The molecule has 1 aliphatic rings. The molecule has 1 aliphatic carbocycles. The van der Waals surface area contributed by atoms with Gasteiger partial charge in [0.15, 0.2) is 0 Å². The van der Waals surface area contributed by atoms with Crippen molar-refractivity contribution in [1.29, 1.82) is 0 Å². The standard InChI is InChI=1S/C15H17BrN2S/c16-12-5-3-4-11(8-12)14-9-18-15(19-14)10-17-13-6-1-2-7-13/h3-5,8-9,13,17H,1-2,6-7,10H2. The third-order valence-corrected chi connectivity index (χ3v) is 5.10. The predicted octanol–water partition coefficient (Wildman–Crippen LogP) is 4.60. The SMILES string of the molecule is Brc1cccc(-c2cnc(CNC3CCCC3)s2)c1. The van der Waals surface area contributed by atoms with Gasteiger partial charge in [-0.1, -0.05) is 40.9 Å². The molecule has 0 spiro atoms. The monoisotopic (exact) mass is 336 g/mol. The highest BCUT2D eigenvalue weighted by Crippen LogP contribution is 2.28. The number of nitrogens with one attached hydrogen (secondary N) is 1. The molecule has 1 N–H and O–H groups in total. The minimum Gasteiger partial charge on any atom is -0.308 e. The van der Waals surface area contributed by atoms with Crippen LogP contribution in [0.3, 0.4) is 0 Å². The quantitative estimate of drug-likeness (QED) is 0.882. The molecule has 0 unspecified atom stereocenters. The molecule has 0 aliphatic heterocycles. The van der Waals surface area contributed by atoms with Crippen molar-refractivity contribution >= 4 is 27.3 Å². The van der Waals surface area contributed by atoms with Gasteiger partial charge in [0.25, 0.3) is 0 Å². The van der Waals surface area contributed by atoms with Gasteiger partial charge in [0, 0.05) is 23.3 Å². The molecular formula is C15H17BrN2S. The van der Waals surface area contributed by atoms with Crippen molar-refractivity contribution in [3.63, 3.8) is 0 Å².